The number of ether oxygens (including phenoxy) is 1. The average Bonchev–Trinajstić information content (AvgIpc) is 2.28. The van der Waals surface area contributed by atoms with Crippen LogP contribution in [0.25, 0.3) is 0 Å². The predicted molar refractivity (Wildman–Crippen MR) is 65.6 cm³/mol. The summed E-state index contributed by atoms with van der Waals surface area (Å²) in [5.74, 6) is 0.457. The van der Waals surface area contributed by atoms with Crippen LogP contribution in [0.15, 0.2) is 18.2 Å². The number of halogens is 2. The summed E-state index contributed by atoms with van der Waals surface area (Å²) < 4.78 is 18.3. The highest BCUT2D eigenvalue weighted by molar-refractivity contribution is 6.20. The molecule has 2 atom stereocenters. The molecule has 0 bridgehead atoms. The predicted octanol–water partition coefficient (Wildman–Crippen LogP) is 4.55. The molecule has 0 spiro atoms. The van der Waals surface area contributed by atoms with Gasteiger partial charge in [-0.3, -0.25) is 0 Å². The second kappa shape index (κ2) is 6.09. The van der Waals surface area contributed by atoms with E-state index >= 15 is 0 Å². The summed E-state index contributed by atoms with van der Waals surface area (Å²) in [6, 6.07) is 4.90. The largest absolute Gasteiger partial charge is 0.494 e. The number of alkyl halides is 1. The monoisotopic (exact) mass is 244 g/mol. The van der Waals surface area contributed by atoms with Crippen LogP contribution in [0.1, 0.15) is 37.6 Å². The first-order chi connectivity index (χ1) is 7.58. The fourth-order valence-corrected chi connectivity index (χ4v) is 1.97. The number of hydrogen-bond donors (Lipinski definition) is 0. The Bertz CT molecular complexity index is 341. The lowest BCUT2D eigenvalue weighted by Crippen LogP contribution is -2.00. The van der Waals surface area contributed by atoms with E-state index in [0.29, 0.717) is 5.92 Å². The summed E-state index contributed by atoms with van der Waals surface area (Å²) >= 11 is 6.24. The number of rotatable bonds is 5. The third-order valence-electron chi connectivity index (χ3n) is 2.84. The quantitative estimate of drug-likeness (QED) is 0.691. The molecule has 16 heavy (non-hydrogen) atoms. The Hall–Kier alpha value is -0.760. The summed E-state index contributed by atoms with van der Waals surface area (Å²) in [6.45, 7) is 4.28. The van der Waals surface area contributed by atoms with E-state index in [1.165, 1.54) is 13.2 Å². The number of methoxy groups -OCH3 is 1. The molecule has 0 saturated carbocycles. The highest BCUT2D eigenvalue weighted by Gasteiger charge is 2.13. The van der Waals surface area contributed by atoms with E-state index in [0.717, 1.165) is 18.4 Å². The SMILES string of the molecule is CCC(C)CC(Cl)c1ccc(OC)c(F)c1. The molecule has 1 nitrogen and oxygen atoms in total. The van der Waals surface area contributed by atoms with Crippen LogP contribution in [0.4, 0.5) is 4.39 Å². The van der Waals surface area contributed by atoms with Crippen molar-refractivity contribution in [1.29, 1.82) is 0 Å². The van der Waals surface area contributed by atoms with Crippen molar-refractivity contribution in [3.63, 3.8) is 0 Å². The van der Waals surface area contributed by atoms with Crippen LogP contribution < -0.4 is 4.74 Å². The lowest BCUT2D eigenvalue weighted by atomic mass is 9.98. The minimum absolute atomic E-state index is 0.129. The van der Waals surface area contributed by atoms with E-state index in [1.807, 2.05) is 6.07 Å². The van der Waals surface area contributed by atoms with E-state index in [9.17, 15) is 4.39 Å². The Kier molecular flexibility index (Phi) is 5.07. The first-order valence-corrected chi connectivity index (χ1v) is 5.99. The Balaban J connectivity index is 2.76. The summed E-state index contributed by atoms with van der Waals surface area (Å²) in [7, 11) is 1.45. The van der Waals surface area contributed by atoms with E-state index in [-0.39, 0.29) is 16.9 Å². The van der Waals surface area contributed by atoms with Gasteiger partial charge >= 0.3 is 0 Å². The van der Waals surface area contributed by atoms with Crippen LogP contribution in [0, 0.1) is 11.7 Å². The molecule has 1 rings (SSSR count). The van der Waals surface area contributed by atoms with Crippen LogP contribution >= 0.6 is 11.6 Å². The highest BCUT2D eigenvalue weighted by atomic mass is 35.5. The normalized spacial score (nSPS) is 14.6. The molecule has 0 aromatic heterocycles. The van der Waals surface area contributed by atoms with Gasteiger partial charge in [0.25, 0.3) is 0 Å². The molecular formula is C13H18ClFO. The van der Waals surface area contributed by atoms with Gasteiger partial charge in [-0.15, -0.1) is 11.6 Å². The average molecular weight is 245 g/mol. The molecule has 0 N–H and O–H groups in total. The molecule has 0 radical (unpaired) electrons. The van der Waals surface area contributed by atoms with Crippen LogP contribution in [-0.2, 0) is 0 Å². The molecule has 1 aromatic rings. The molecule has 2 unspecified atom stereocenters. The zero-order valence-electron chi connectivity index (χ0n) is 9.97. The maximum absolute atomic E-state index is 13.4. The van der Waals surface area contributed by atoms with E-state index < -0.39 is 0 Å². The third-order valence-corrected chi connectivity index (χ3v) is 3.27. The Morgan fingerprint density at radius 3 is 2.62 bits per heavy atom. The van der Waals surface area contributed by atoms with Crippen molar-refractivity contribution < 1.29 is 9.13 Å². The molecular weight excluding hydrogens is 227 g/mol. The van der Waals surface area contributed by atoms with Crippen molar-refractivity contribution in [2.75, 3.05) is 7.11 Å². The van der Waals surface area contributed by atoms with Gasteiger partial charge in [0.2, 0.25) is 0 Å². The van der Waals surface area contributed by atoms with Gasteiger partial charge in [0, 0.05) is 0 Å². The first kappa shape index (κ1) is 13.3. The molecule has 0 saturated heterocycles. The van der Waals surface area contributed by atoms with E-state index in [1.54, 1.807) is 6.07 Å². The topological polar surface area (TPSA) is 9.23 Å². The van der Waals surface area contributed by atoms with Gasteiger partial charge in [-0.25, -0.2) is 4.39 Å². The third kappa shape index (κ3) is 3.38. The van der Waals surface area contributed by atoms with Gasteiger partial charge in [0.05, 0.1) is 12.5 Å². The van der Waals surface area contributed by atoms with Crippen molar-refractivity contribution in [2.45, 2.75) is 32.1 Å². The second-order valence-electron chi connectivity index (χ2n) is 4.11. The molecule has 0 amide bonds. The summed E-state index contributed by atoms with van der Waals surface area (Å²) in [6.07, 6.45) is 1.95. The number of benzene rings is 1. The van der Waals surface area contributed by atoms with E-state index in [2.05, 4.69) is 13.8 Å². The fourth-order valence-electron chi connectivity index (χ4n) is 1.53. The van der Waals surface area contributed by atoms with Crippen LogP contribution in [0.5, 0.6) is 5.75 Å². The van der Waals surface area contributed by atoms with E-state index in [4.69, 9.17) is 16.3 Å². The van der Waals surface area contributed by atoms with Crippen molar-refractivity contribution >= 4 is 11.6 Å². The maximum atomic E-state index is 13.4. The molecule has 1 aromatic carbocycles. The molecule has 0 aliphatic heterocycles. The van der Waals surface area contributed by atoms with Crippen molar-refractivity contribution in [2.24, 2.45) is 5.92 Å². The first-order valence-electron chi connectivity index (χ1n) is 5.56. The van der Waals surface area contributed by atoms with Crippen LogP contribution in [0.2, 0.25) is 0 Å². The minimum Gasteiger partial charge on any atom is -0.494 e. The van der Waals surface area contributed by atoms with Gasteiger partial charge in [-0.1, -0.05) is 26.3 Å². The second-order valence-corrected chi connectivity index (χ2v) is 4.64. The lowest BCUT2D eigenvalue weighted by Gasteiger charge is -2.15. The summed E-state index contributed by atoms with van der Waals surface area (Å²) in [5.41, 5.74) is 0.820. The van der Waals surface area contributed by atoms with Gasteiger partial charge in [0.1, 0.15) is 0 Å². The lowest BCUT2D eigenvalue weighted by molar-refractivity contribution is 0.386. The Labute approximate surface area is 102 Å². The number of hydrogen-bond acceptors (Lipinski definition) is 1. The smallest absolute Gasteiger partial charge is 0.165 e. The van der Waals surface area contributed by atoms with Crippen LogP contribution in [0.3, 0.4) is 0 Å². The van der Waals surface area contributed by atoms with Crippen molar-refractivity contribution in [3.8, 4) is 5.75 Å². The van der Waals surface area contributed by atoms with Crippen LogP contribution in [-0.4, -0.2) is 7.11 Å². The Morgan fingerprint density at radius 2 is 2.12 bits per heavy atom. The molecule has 0 heterocycles. The summed E-state index contributed by atoms with van der Waals surface area (Å²) in [4.78, 5) is 0. The zero-order chi connectivity index (χ0) is 12.1. The zero-order valence-corrected chi connectivity index (χ0v) is 10.7. The molecule has 3 heteroatoms. The van der Waals surface area contributed by atoms with Crippen molar-refractivity contribution in [1.82, 2.24) is 0 Å². The molecule has 0 fully saturated rings. The minimum atomic E-state index is -0.352. The van der Waals surface area contributed by atoms with Gasteiger partial charge in [0.15, 0.2) is 11.6 Å². The summed E-state index contributed by atoms with van der Waals surface area (Å²) in [5, 5.41) is -0.129. The van der Waals surface area contributed by atoms with Gasteiger partial charge in [-0.2, -0.15) is 0 Å². The standard InChI is InChI=1S/C13H18ClFO/c1-4-9(2)7-11(14)10-5-6-13(16-3)12(15)8-10/h5-6,8-9,11H,4,7H2,1-3H3. The molecule has 0 aliphatic rings. The highest BCUT2D eigenvalue weighted by Crippen LogP contribution is 2.31. The Morgan fingerprint density at radius 1 is 1.44 bits per heavy atom. The van der Waals surface area contributed by atoms with Gasteiger partial charge in [-0.05, 0) is 30.0 Å². The van der Waals surface area contributed by atoms with Gasteiger partial charge < -0.3 is 4.74 Å². The molecule has 90 valence electrons. The van der Waals surface area contributed by atoms with Crippen molar-refractivity contribution in [3.05, 3.63) is 29.6 Å². The molecule has 0 aliphatic carbocycles. The maximum Gasteiger partial charge on any atom is 0.165 e. The fraction of sp³-hybridized carbons (Fsp3) is 0.538.